The summed E-state index contributed by atoms with van der Waals surface area (Å²) < 4.78 is 36.9. The number of hydrogen-bond acceptors (Lipinski definition) is 4. The lowest BCUT2D eigenvalue weighted by Gasteiger charge is -2.26. The van der Waals surface area contributed by atoms with Gasteiger partial charge in [-0.05, 0) is 18.6 Å². The van der Waals surface area contributed by atoms with E-state index in [1.807, 2.05) is 10.3 Å². The van der Waals surface area contributed by atoms with Crippen molar-refractivity contribution in [2.45, 2.75) is 12.2 Å². The molecular weight excluding hydrogens is 273 g/mol. The standard InChI is InChI=1S/C11H14FN3O3S/c1-7-3-2-4-9(10(7)12)11(16)14-15-19(17,18)8-5-13-6-8/h2-4,8,13,15H,5-6H2,1H3,(H,14,16). The third-order valence-corrected chi connectivity index (χ3v) is 4.52. The molecule has 104 valence electrons. The second-order valence-electron chi connectivity index (χ2n) is 4.32. The number of hydrogen-bond donors (Lipinski definition) is 3. The molecule has 3 N–H and O–H groups in total. The molecule has 19 heavy (non-hydrogen) atoms. The number of halogens is 1. The van der Waals surface area contributed by atoms with Crippen LogP contribution in [-0.4, -0.2) is 32.7 Å². The second-order valence-corrected chi connectivity index (χ2v) is 6.28. The molecule has 0 aliphatic carbocycles. The number of sulfonamides is 1. The Hall–Kier alpha value is -1.51. The Bertz CT molecular complexity index is 599. The summed E-state index contributed by atoms with van der Waals surface area (Å²) in [5.41, 5.74) is 2.13. The average Bonchev–Trinajstić information content (AvgIpc) is 2.27. The highest BCUT2D eigenvalue weighted by Gasteiger charge is 2.31. The van der Waals surface area contributed by atoms with Crippen molar-refractivity contribution in [1.82, 2.24) is 15.6 Å². The highest BCUT2D eigenvalue weighted by molar-refractivity contribution is 7.90. The van der Waals surface area contributed by atoms with E-state index in [2.05, 4.69) is 5.32 Å². The minimum atomic E-state index is -3.62. The van der Waals surface area contributed by atoms with Crippen molar-refractivity contribution in [2.75, 3.05) is 13.1 Å². The van der Waals surface area contributed by atoms with Gasteiger partial charge < -0.3 is 5.32 Å². The van der Waals surface area contributed by atoms with E-state index in [1.165, 1.54) is 25.1 Å². The first-order chi connectivity index (χ1) is 8.92. The normalized spacial score (nSPS) is 15.9. The molecule has 0 unspecified atom stereocenters. The zero-order chi connectivity index (χ0) is 14.0. The highest BCUT2D eigenvalue weighted by atomic mass is 32.2. The maximum atomic E-state index is 13.7. The Morgan fingerprint density at radius 1 is 1.42 bits per heavy atom. The Morgan fingerprint density at radius 3 is 2.68 bits per heavy atom. The van der Waals surface area contributed by atoms with Crippen molar-refractivity contribution in [2.24, 2.45) is 0 Å². The topological polar surface area (TPSA) is 87.3 Å². The van der Waals surface area contributed by atoms with Gasteiger partial charge in [0, 0.05) is 13.1 Å². The summed E-state index contributed by atoms with van der Waals surface area (Å²) in [6.45, 7) is 2.20. The Morgan fingerprint density at radius 2 is 2.11 bits per heavy atom. The van der Waals surface area contributed by atoms with Gasteiger partial charge in [0.15, 0.2) is 0 Å². The molecule has 0 radical (unpaired) electrons. The van der Waals surface area contributed by atoms with Gasteiger partial charge in [-0.25, -0.2) is 12.8 Å². The second kappa shape index (κ2) is 5.24. The summed E-state index contributed by atoms with van der Waals surface area (Å²) in [6.07, 6.45) is 0. The van der Waals surface area contributed by atoms with E-state index in [9.17, 15) is 17.6 Å². The molecule has 0 spiro atoms. The average molecular weight is 287 g/mol. The van der Waals surface area contributed by atoms with Crippen LogP contribution in [0.3, 0.4) is 0 Å². The van der Waals surface area contributed by atoms with Crippen LogP contribution < -0.4 is 15.6 Å². The minimum absolute atomic E-state index is 0.200. The molecule has 0 aromatic heterocycles. The van der Waals surface area contributed by atoms with Crippen LogP contribution in [0, 0.1) is 12.7 Å². The summed E-state index contributed by atoms with van der Waals surface area (Å²) in [4.78, 5) is 13.7. The van der Waals surface area contributed by atoms with Crippen LogP contribution in [0.2, 0.25) is 0 Å². The largest absolute Gasteiger partial charge is 0.314 e. The summed E-state index contributed by atoms with van der Waals surface area (Å²) in [5.74, 6) is -1.48. The first-order valence-corrected chi connectivity index (χ1v) is 7.23. The van der Waals surface area contributed by atoms with Gasteiger partial charge in [0.2, 0.25) is 10.0 Å². The number of nitrogens with one attached hydrogen (secondary N) is 3. The van der Waals surface area contributed by atoms with Gasteiger partial charge in [-0.15, -0.1) is 4.83 Å². The number of hydrazine groups is 1. The van der Waals surface area contributed by atoms with Crippen molar-refractivity contribution in [1.29, 1.82) is 0 Å². The van der Waals surface area contributed by atoms with E-state index in [0.717, 1.165) is 0 Å². The molecule has 1 aliphatic rings. The molecule has 1 aliphatic heterocycles. The molecule has 1 aromatic rings. The number of rotatable bonds is 4. The summed E-state index contributed by atoms with van der Waals surface area (Å²) in [7, 11) is -3.62. The van der Waals surface area contributed by atoms with Crippen LogP contribution in [0.25, 0.3) is 0 Å². The van der Waals surface area contributed by atoms with Gasteiger partial charge in [0.25, 0.3) is 5.91 Å². The first kappa shape index (κ1) is 13.9. The third kappa shape index (κ3) is 2.91. The lowest BCUT2D eigenvalue weighted by molar-refractivity contribution is 0.0940. The zero-order valence-electron chi connectivity index (χ0n) is 10.2. The maximum absolute atomic E-state index is 13.7. The van der Waals surface area contributed by atoms with E-state index in [4.69, 9.17) is 0 Å². The Labute approximate surface area is 110 Å². The number of carbonyl (C=O) groups excluding carboxylic acids is 1. The van der Waals surface area contributed by atoms with Crippen LogP contribution in [0.15, 0.2) is 18.2 Å². The van der Waals surface area contributed by atoms with Crippen molar-refractivity contribution in [3.8, 4) is 0 Å². The minimum Gasteiger partial charge on any atom is -0.314 e. The molecule has 1 amide bonds. The summed E-state index contributed by atoms with van der Waals surface area (Å²) >= 11 is 0. The maximum Gasteiger partial charge on any atom is 0.269 e. The van der Waals surface area contributed by atoms with Crippen molar-refractivity contribution in [3.63, 3.8) is 0 Å². The highest BCUT2D eigenvalue weighted by Crippen LogP contribution is 2.11. The van der Waals surface area contributed by atoms with Gasteiger partial charge in [-0.1, -0.05) is 12.1 Å². The molecule has 1 heterocycles. The third-order valence-electron chi connectivity index (χ3n) is 2.93. The Balaban J connectivity index is 2.03. The van der Waals surface area contributed by atoms with Crippen molar-refractivity contribution in [3.05, 3.63) is 35.1 Å². The number of aryl methyl sites for hydroxylation is 1. The van der Waals surface area contributed by atoms with Gasteiger partial charge in [-0.2, -0.15) is 0 Å². The van der Waals surface area contributed by atoms with Gasteiger partial charge in [0.1, 0.15) is 11.1 Å². The summed E-state index contributed by atoms with van der Waals surface area (Å²) in [5, 5.41) is 2.24. The fourth-order valence-corrected chi connectivity index (χ4v) is 2.65. The molecule has 1 fully saturated rings. The molecular formula is C11H14FN3O3S. The smallest absolute Gasteiger partial charge is 0.269 e. The van der Waals surface area contributed by atoms with Gasteiger partial charge in [0.05, 0.1) is 5.56 Å². The summed E-state index contributed by atoms with van der Waals surface area (Å²) in [6, 6.07) is 4.34. The monoisotopic (exact) mass is 287 g/mol. The molecule has 0 bridgehead atoms. The van der Waals surface area contributed by atoms with Gasteiger partial charge >= 0.3 is 0 Å². The molecule has 6 nitrogen and oxygen atoms in total. The fourth-order valence-electron chi connectivity index (χ4n) is 1.57. The van der Waals surface area contributed by atoms with Crippen LogP contribution in [-0.2, 0) is 10.0 Å². The number of carbonyl (C=O) groups is 1. The van der Waals surface area contributed by atoms with E-state index in [-0.39, 0.29) is 5.56 Å². The lowest BCUT2D eigenvalue weighted by atomic mass is 10.1. The molecule has 1 aromatic carbocycles. The quantitative estimate of drug-likeness (QED) is 0.662. The molecule has 0 saturated carbocycles. The predicted octanol–water partition coefficient (Wildman–Crippen LogP) is -0.330. The number of benzene rings is 1. The first-order valence-electron chi connectivity index (χ1n) is 5.68. The SMILES string of the molecule is Cc1cccc(C(=O)NNS(=O)(=O)C2CNC2)c1F. The van der Waals surface area contributed by atoms with Crippen LogP contribution in [0.5, 0.6) is 0 Å². The predicted molar refractivity (Wildman–Crippen MR) is 67.3 cm³/mol. The molecule has 8 heteroatoms. The zero-order valence-corrected chi connectivity index (χ0v) is 11.1. The van der Waals surface area contributed by atoms with E-state index in [0.29, 0.717) is 18.7 Å². The molecule has 2 rings (SSSR count). The van der Waals surface area contributed by atoms with Crippen molar-refractivity contribution < 1.29 is 17.6 Å². The van der Waals surface area contributed by atoms with Crippen LogP contribution >= 0.6 is 0 Å². The Kier molecular flexibility index (Phi) is 3.83. The fraction of sp³-hybridized carbons (Fsp3) is 0.364. The lowest BCUT2D eigenvalue weighted by Crippen LogP contribution is -2.58. The van der Waals surface area contributed by atoms with Gasteiger partial charge in [-0.3, -0.25) is 10.2 Å². The molecule has 1 saturated heterocycles. The van der Waals surface area contributed by atoms with Crippen LogP contribution in [0.1, 0.15) is 15.9 Å². The molecule has 0 atom stereocenters. The van der Waals surface area contributed by atoms with E-state index >= 15 is 0 Å². The van der Waals surface area contributed by atoms with Crippen molar-refractivity contribution >= 4 is 15.9 Å². The van der Waals surface area contributed by atoms with E-state index < -0.39 is 27.0 Å². The van der Waals surface area contributed by atoms with Crippen LogP contribution in [0.4, 0.5) is 4.39 Å². The van der Waals surface area contributed by atoms with E-state index in [1.54, 1.807) is 0 Å². The number of amides is 1.